The number of carbonyl (C=O) groups is 1. The van der Waals surface area contributed by atoms with Crippen molar-refractivity contribution in [2.75, 3.05) is 12.9 Å². The first-order chi connectivity index (χ1) is 15.2. The number of nitrogens with one attached hydrogen (secondary N) is 1. The normalized spacial score (nSPS) is 12.4. The molecular weight excluding hydrogens is 420 g/mol. The van der Waals surface area contributed by atoms with E-state index in [4.69, 9.17) is 4.74 Å². The smallest absolute Gasteiger partial charge is 0.230 e. The number of thioether (sulfide) groups is 1. The van der Waals surface area contributed by atoms with E-state index in [1.807, 2.05) is 35.8 Å². The SMILES string of the molecule is CCn1c(SCC(=O)NC(C)c2ccccc2OC)nnc1-c1ccc(C(C)(C)C)cc1. The molecule has 3 rings (SSSR count). The van der Waals surface area contributed by atoms with Gasteiger partial charge in [-0.05, 0) is 30.9 Å². The number of carbonyl (C=O) groups excluding carboxylic acids is 1. The summed E-state index contributed by atoms with van der Waals surface area (Å²) in [6.07, 6.45) is 0. The minimum atomic E-state index is -0.153. The average molecular weight is 453 g/mol. The van der Waals surface area contributed by atoms with E-state index >= 15 is 0 Å². The Bertz CT molecular complexity index is 1050. The van der Waals surface area contributed by atoms with Crippen molar-refractivity contribution in [1.82, 2.24) is 20.1 Å². The molecule has 3 aromatic rings. The van der Waals surface area contributed by atoms with E-state index in [0.717, 1.165) is 34.4 Å². The highest BCUT2D eigenvalue weighted by Gasteiger charge is 2.18. The zero-order chi connectivity index (χ0) is 23.3. The topological polar surface area (TPSA) is 69.0 Å². The van der Waals surface area contributed by atoms with Crippen molar-refractivity contribution < 1.29 is 9.53 Å². The molecular formula is C25H32N4O2S. The minimum Gasteiger partial charge on any atom is -0.496 e. The van der Waals surface area contributed by atoms with Crippen LogP contribution in [-0.2, 0) is 16.8 Å². The molecule has 0 spiro atoms. The summed E-state index contributed by atoms with van der Waals surface area (Å²) in [7, 11) is 1.63. The molecule has 0 radical (unpaired) electrons. The summed E-state index contributed by atoms with van der Waals surface area (Å²) in [5.74, 6) is 1.79. The molecule has 7 heteroatoms. The van der Waals surface area contributed by atoms with Crippen LogP contribution in [0.1, 0.15) is 51.8 Å². The van der Waals surface area contributed by atoms with Crippen LogP contribution < -0.4 is 10.1 Å². The van der Waals surface area contributed by atoms with Crippen molar-refractivity contribution >= 4 is 17.7 Å². The summed E-state index contributed by atoms with van der Waals surface area (Å²) in [4.78, 5) is 12.6. The zero-order valence-corrected chi connectivity index (χ0v) is 20.5. The molecule has 1 N–H and O–H groups in total. The minimum absolute atomic E-state index is 0.0601. The number of methoxy groups -OCH3 is 1. The van der Waals surface area contributed by atoms with Crippen LogP contribution in [-0.4, -0.2) is 33.5 Å². The van der Waals surface area contributed by atoms with E-state index in [-0.39, 0.29) is 23.1 Å². The Kier molecular flexibility index (Phi) is 7.61. The van der Waals surface area contributed by atoms with E-state index in [2.05, 4.69) is 67.5 Å². The van der Waals surface area contributed by atoms with Crippen LogP contribution >= 0.6 is 11.8 Å². The molecule has 1 unspecified atom stereocenters. The second-order valence-electron chi connectivity index (χ2n) is 8.70. The second kappa shape index (κ2) is 10.2. The standard InChI is InChI=1S/C25H32N4O2S/c1-7-29-23(18-12-14-19(15-13-18)25(3,4)5)27-28-24(29)32-16-22(30)26-17(2)20-10-8-9-11-21(20)31-6/h8-15,17H,7,16H2,1-6H3,(H,26,30). The largest absolute Gasteiger partial charge is 0.496 e. The molecule has 1 heterocycles. The Hall–Kier alpha value is -2.80. The van der Waals surface area contributed by atoms with Gasteiger partial charge in [0.1, 0.15) is 5.75 Å². The van der Waals surface area contributed by atoms with Crippen molar-refractivity contribution in [1.29, 1.82) is 0 Å². The van der Waals surface area contributed by atoms with Crippen LogP contribution in [0, 0.1) is 0 Å². The molecule has 2 aromatic carbocycles. The molecule has 1 aromatic heterocycles. The fourth-order valence-electron chi connectivity index (χ4n) is 3.53. The van der Waals surface area contributed by atoms with Crippen molar-refractivity contribution in [3.8, 4) is 17.1 Å². The maximum atomic E-state index is 12.6. The van der Waals surface area contributed by atoms with Gasteiger partial charge in [0.25, 0.3) is 0 Å². The molecule has 0 aliphatic rings. The lowest BCUT2D eigenvalue weighted by atomic mass is 9.87. The second-order valence-corrected chi connectivity index (χ2v) is 9.64. The summed E-state index contributed by atoms with van der Waals surface area (Å²) in [6, 6.07) is 16.0. The lowest BCUT2D eigenvalue weighted by molar-refractivity contribution is -0.119. The number of benzene rings is 2. The molecule has 0 aliphatic heterocycles. The van der Waals surface area contributed by atoms with Crippen LogP contribution in [0.4, 0.5) is 0 Å². The third-order valence-electron chi connectivity index (χ3n) is 5.36. The number of nitrogens with zero attached hydrogens (tertiary/aromatic N) is 3. The van der Waals surface area contributed by atoms with Crippen molar-refractivity contribution in [3.63, 3.8) is 0 Å². The Labute approximate surface area is 194 Å². The summed E-state index contributed by atoms with van der Waals surface area (Å²) in [6.45, 7) is 11.3. The third-order valence-corrected chi connectivity index (χ3v) is 6.32. The molecule has 0 saturated carbocycles. The van der Waals surface area contributed by atoms with Gasteiger partial charge in [0.05, 0.1) is 18.9 Å². The number of hydrogen-bond donors (Lipinski definition) is 1. The number of ether oxygens (including phenoxy) is 1. The van der Waals surface area contributed by atoms with Crippen LogP contribution in [0.2, 0.25) is 0 Å². The molecule has 0 saturated heterocycles. The van der Waals surface area contributed by atoms with Gasteiger partial charge in [-0.25, -0.2) is 0 Å². The van der Waals surface area contributed by atoms with E-state index in [1.165, 1.54) is 17.3 Å². The van der Waals surface area contributed by atoms with Gasteiger partial charge in [0.2, 0.25) is 5.91 Å². The molecule has 0 fully saturated rings. The monoisotopic (exact) mass is 452 g/mol. The molecule has 1 amide bonds. The van der Waals surface area contributed by atoms with Crippen molar-refractivity contribution in [2.24, 2.45) is 0 Å². The predicted molar refractivity (Wildman–Crippen MR) is 130 cm³/mol. The summed E-state index contributed by atoms with van der Waals surface area (Å²) in [5.41, 5.74) is 3.35. The van der Waals surface area contributed by atoms with Gasteiger partial charge in [0, 0.05) is 17.7 Å². The highest BCUT2D eigenvalue weighted by molar-refractivity contribution is 7.99. The molecule has 1 atom stereocenters. The van der Waals surface area contributed by atoms with Crippen molar-refractivity contribution in [2.45, 2.75) is 57.8 Å². The first kappa shape index (κ1) is 23.9. The Morgan fingerprint density at radius 1 is 1.12 bits per heavy atom. The van der Waals surface area contributed by atoms with Crippen LogP contribution in [0.15, 0.2) is 53.7 Å². The van der Waals surface area contributed by atoms with Crippen LogP contribution in [0.25, 0.3) is 11.4 Å². The van der Waals surface area contributed by atoms with Gasteiger partial charge in [-0.3, -0.25) is 4.79 Å². The Morgan fingerprint density at radius 3 is 2.44 bits per heavy atom. The molecule has 170 valence electrons. The Balaban J connectivity index is 1.67. The number of hydrogen-bond acceptors (Lipinski definition) is 5. The van der Waals surface area contributed by atoms with Gasteiger partial charge < -0.3 is 14.6 Å². The maximum absolute atomic E-state index is 12.6. The quantitative estimate of drug-likeness (QED) is 0.473. The molecule has 0 bridgehead atoms. The lowest BCUT2D eigenvalue weighted by Gasteiger charge is -2.19. The van der Waals surface area contributed by atoms with Crippen LogP contribution in [0.3, 0.4) is 0 Å². The highest BCUT2D eigenvalue weighted by Crippen LogP contribution is 2.28. The highest BCUT2D eigenvalue weighted by atomic mass is 32.2. The Morgan fingerprint density at radius 2 is 1.81 bits per heavy atom. The number of rotatable bonds is 8. The summed E-state index contributed by atoms with van der Waals surface area (Å²) in [5, 5.41) is 12.5. The first-order valence-electron chi connectivity index (χ1n) is 10.8. The fourth-order valence-corrected chi connectivity index (χ4v) is 4.34. The van der Waals surface area contributed by atoms with E-state index < -0.39 is 0 Å². The van der Waals surface area contributed by atoms with Gasteiger partial charge in [0.15, 0.2) is 11.0 Å². The van der Waals surface area contributed by atoms with Gasteiger partial charge in [-0.1, -0.05) is 75.0 Å². The molecule has 32 heavy (non-hydrogen) atoms. The zero-order valence-electron chi connectivity index (χ0n) is 19.7. The lowest BCUT2D eigenvalue weighted by Crippen LogP contribution is -2.28. The summed E-state index contributed by atoms with van der Waals surface area (Å²) >= 11 is 1.40. The number of aromatic nitrogens is 3. The third kappa shape index (κ3) is 5.51. The molecule has 0 aliphatic carbocycles. The van der Waals surface area contributed by atoms with E-state index in [0.29, 0.717) is 0 Å². The fraction of sp³-hybridized carbons (Fsp3) is 0.400. The number of para-hydroxylation sites is 1. The van der Waals surface area contributed by atoms with Gasteiger partial charge >= 0.3 is 0 Å². The van der Waals surface area contributed by atoms with Gasteiger partial charge in [-0.15, -0.1) is 10.2 Å². The predicted octanol–water partition coefficient (Wildman–Crippen LogP) is 5.24. The summed E-state index contributed by atoms with van der Waals surface area (Å²) < 4.78 is 7.45. The van der Waals surface area contributed by atoms with Gasteiger partial charge in [-0.2, -0.15) is 0 Å². The first-order valence-corrected chi connectivity index (χ1v) is 11.8. The van der Waals surface area contributed by atoms with Crippen LogP contribution in [0.5, 0.6) is 5.75 Å². The van der Waals surface area contributed by atoms with E-state index in [1.54, 1.807) is 7.11 Å². The molecule has 6 nitrogen and oxygen atoms in total. The average Bonchev–Trinajstić information content (AvgIpc) is 3.20. The van der Waals surface area contributed by atoms with Crippen molar-refractivity contribution in [3.05, 3.63) is 59.7 Å². The van der Waals surface area contributed by atoms with E-state index in [9.17, 15) is 4.79 Å². The maximum Gasteiger partial charge on any atom is 0.230 e. The number of amides is 1.